The predicted molar refractivity (Wildman–Crippen MR) is 97.3 cm³/mol. The molecule has 1 aliphatic heterocycles. The van der Waals surface area contributed by atoms with Crippen LogP contribution in [0.5, 0.6) is 0 Å². The standard InChI is InChI=1S/C17H22FN3O6S/c1-11(17(24)27-2)19-15(22)14-10-20(7-8-21(14)28(3,25)26)16(23)12-5-4-6-13(18)9-12/h4-6,9,11,14H,7-8,10H2,1-3H3,(H,19,22). The first-order valence-corrected chi connectivity index (χ1v) is 10.3. The summed E-state index contributed by atoms with van der Waals surface area (Å²) < 4.78 is 43.1. The van der Waals surface area contributed by atoms with Gasteiger partial charge in [-0.3, -0.25) is 9.59 Å². The second-order valence-corrected chi connectivity index (χ2v) is 8.34. The van der Waals surface area contributed by atoms with E-state index in [2.05, 4.69) is 10.1 Å². The van der Waals surface area contributed by atoms with Crippen LogP contribution in [-0.4, -0.2) is 80.5 Å². The van der Waals surface area contributed by atoms with Crippen LogP contribution in [0.1, 0.15) is 17.3 Å². The van der Waals surface area contributed by atoms with Gasteiger partial charge in [0, 0.05) is 25.2 Å². The molecule has 1 aliphatic rings. The molecule has 28 heavy (non-hydrogen) atoms. The Morgan fingerprint density at radius 2 is 1.96 bits per heavy atom. The van der Waals surface area contributed by atoms with Gasteiger partial charge in [0.1, 0.15) is 17.9 Å². The molecule has 1 fully saturated rings. The minimum atomic E-state index is -3.74. The first-order chi connectivity index (χ1) is 13.0. The Kier molecular flexibility index (Phi) is 6.73. The van der Waals surface area contributed by atoms with E-state index in [0.717, 1.165) is 23.7 Å². The van der Waals surface area contributed by atoms with E-state index in [0.29, 0.717) is 0 Å². The van der Waals surface area contributed by atoms with Crippen LogP contribution in [0.4, 0.5) is 4.39 Å². The molecule has 2 unspecified atom stereocenters. The fourth-order valence-corrected chi connectivity index (χ4v) is 3.95. The third-order valence-electron chi connectivity index (χ3n) is 4.33. The first kappa shape index (κ1) is 21.8. The summed E-state index contributed by atoms with van der Waals surface area (Å²) >= 11 is 0. The van der Waals surface area contributed by atoms with Gasteiger partial charge >= 0.3 is 5.97 Å². The van der Waals surface area contributed by atoms with E-state index in [1.165, 1.54) is 30.0 Å². The smallest absolute Gasteiger partial charge is 0.328 e. The zero-order chi connectivity index (χ0) is 21.1. The van der Waals surface area contributed by atoms with Crippen molar-refractivity contribution in [3.63, 3.8) is 0 Å². The number of benzene rings is 1. The average Bonchev–Trinajstić information content (AvgIpc) is 2.65. The molecule has 1 heterocycles. The quantitative estimate of drug-likeness (QED) is 0.654. The fourth-order valence-electron chi connectivity index (χ4n) is 2.91. The number of sulfonamides is 1. The van der Waals surface area contributed by atoms with Crippen molar-refractivity contribution in [3.8, 4) is 0 Å². The molecule has 0 aromatic heterocycles. The van der Waals surface area contributed by atoms with E-state index in [1.807, 2.05) is 0 Å². The van der Waals surface area contributed by atoms with Gasteiger partial charge in [0.2, 0.25) is 15.9 Å². The molecule has 0 spiro atoms. The summed E-state index contributed by atoms with van der Waals surface area (Å²) in [4.78, 5) is 38.1. The zero-order valence-electron chi connectivity index (χ0n) is 15.7. The maximum atomic E-state index is 13.4. The molecule has 2 atom stereocenters. The van der Waals surface area contributed by atoms with E-state index in [-0.39, 0.29) is 25.2 Å². The molecule has 2 amide bonds. The lowest BCUT2D eigenvalue weighted by molar-refractivity contribution is -0.145. The summed E-state index contributed by atoms with van der Waals surface area (Å²) in [6, 6.07) is 2.87. The Labute approximate surface area is 162 Å². The second kappa shape index (κ2) is 8.65. The molecule has 0 radical (unpaired) electrons. The maximum Gasteiger partial charge on any atom is 0.328 e. The normalized spacial score (nSPS) is 19.0. The van der Waals surface area contributed by atoms with E-state index in [9.17, 15) is 27.2 Å². The Morgan fingerprint density at radius 3 is 2.54 bits per heavy atom. The van der Waals surface area contributed by atoms with Crippen molar-refractivity contribution in [3.05, 3.63) is 35.6 Å². The van der Waals surface area contributed by atoms with Crippen LogP contribution in [0.2, 0.25) is 0 Å². The summed E-state index contributed by atoms with van der Waals surface area (Å²) in [6.07, 6.45) is 0.959. The van der Waals surface area contributed by atoms with Crippen molar-refractivity contribution >= 4 is 27.8 Å². The Morgan fingerprint density at radius 1 is 1.29 bits per heavy atom. The third-order valence-corrected chi connectivity index (χ3v) is 5.62. The minimum absolute atomic E-state index is 0.0404. The van der Waals surface area contributed by atoms with Crippen LogP contribution in [0.15, 0.2) is 24.3 Å². The molecule has 0 bridgehead atoms. The van der Waals surface area contributed by atoms with Crippen molar-refractivity contribution in [2.24, 2.45) is 0 Å². The number of carbonyl (C=O) groups excluding carboxylic acids is 3. The minimum Gasteiger partial charge on any atom is -0.467 e. The summed E-state index contributed by atoms with van der Waals surface area (Å²) in [5.74, 6) is -2.53. The lowest BCUT2D eigenvalue weighted by Gasteiger charge is -2.39. The molecular weight excluding hydrogens is 393 g/mol. The van der Waals surface area contributed by atoms with Crippen LogP contribution in [0, 0.1) is 5.82 Å². The SMILES string of the molecule is COC(=O)C(C)NC(=O)C1CN(C(=O)c2cccc(F)c2)CCN1S(C)(=O)=O. The highest BCUT2D eigenvalue weighted by atomic mass is 32.2. The summed E-state index contributed by atoms with van der Waals surface area (Å²) in [6.45, 7) is 1.10. The number of nitrogens with zero attached hydrogens (tertiary/aromatic N) is 2. The summed E-state index contributed by atoms with van der Waals surface area (Å²) in [5, 5.41) is 2.39. The van der Waals surface area contributed by atoms with Crippen LogP contribution in [0.25, 0.3) is 0 Å². The van der Waals surface area contributed by atoms with Gasteiger partial charge in [-0.1, -0.05) is 6.07 Å². The molecule has 154 valence electrons. The van der Waals surface area contributed by atoms with Gasteiger partial charge in [-0.2, -0.15) is 4.31 Å². The van der Waals surface area contributed by atoms with Gasteiger partial charge < -0.3 is 15.0 Å². The van der Waals surface area contributed by atoms with E-state index in [4.69, 9.17) is 0 Å². The number of ether oxygens (including phenoxy) is 1. The lowest BCUT2D eigenvalue weighted by atomic mass is 10.1. The van der Waals surface area contributed by atoms with Crippen molar-refractivity contribution in [1.29, 1.82) is 0 Å². The Balaban J connectivity index is 2.23. The molecular formula is C17H22FN3O6S. The number of amides is 2. The molecule has 11 heteroatoms. The van der Waals surface area contributed by atoms with Crippen LogP contribution >= 0.6 is 0 Å². The molecule has 1 aromatic carbocycles. The van der Waals surface area contributed by atoms with Gasteiger partial charge in [0.15, 0.2) is 0 Å². The fraction of sp³-hybridized carbons (Fsp3) is 0.471. The van der Waals surface area contributed by atoms with Crippen molar-refractivity contribution in [2.75, 3.05) is 33.0 Å². The number of rotatable bonds is 5. The molecule has 0 saturated carbocycles. The highest BCUT2D eigenvalue weighted by Crippen LogP contribution is 2.17. The predicted octanol–water partition coefficient (Wildman–Crippen LogP) is -0.411. The second-order valence-electron chi connectivity index (χ2n) is 6.40. The number of nitrogens with one attached hydrogen (secondary N) is 1. The largest absolute Gasteiger partial charge is 0.467 e. The number of halogens is 1. The van der Waals surface area contributed by atoms with Gasteiger partial charge in [-0.25, -0.2) is 17.6 Å². The van der Waals surface area contributed by atoms with Crippen molar-refractivity contribution < 1.29 is 31.9 Å². The number of methoxy groups -OCH3 is 1. The van der Waals surface area contributed by atoms with Crippen molar-refractivity contribution in [1.82, 2.24) is 14.5 Å². The lowest BCUT2D eigenvalue weighted by Crippen LogP contribution is -2.62. The topological polar surface area (TPSA) is 113 Å². The highest BCUT2D eigenvalue weighted by molar-refractivity contribution is 7.88. The summed E-state index contributed by atoms with van der Waals surface area (Å²) in [7, 11) is -2.58. The summed E-state index contributed by atoms with van der Waals surface area (Å²) in [5.41, 5.74) is 0.0925. The van der Waals surface area contributed by atoms with Crippen LogP contribution < -0.4 is 5.32 Å². The monoisotopic (exact) mass is 415 g/mol. The number of hydrogen-bond acceptors (Lipinski definition) is 6. The average molecular weight is 415 g/mol. The van der Waals surface area contributed by atoms with Crippen LogP contribution in [-0.2, 0) is 24.3 Å². The van der Waals surface area contributed by atoms with Crippen LogP contribution in [0.3, 0.4) is 0 Å². The molecule has 2 rings (SSSR count). The number of piperazine rings is 1. The Bertz CT molecular complexity index is 875. The van der Waals surface area contributed by atoms with Gasteiger partial charge in [0.05, 0.1) is 13.4 Å². The van der Waals surface area contributed by atoms with Gasteiger partial charge in [0.25, 0.3) is 5.91 Å². The van der Waals surface area contributed by atoms with E-state index < -0.39 is 45.7 Å². The van der Waals surface area contributed by atoms with E-state index in [1.54, 1.807) is 0 Å². The third kappa shape index (κ3) is 5.04. The van der Waals surface area contributed by atoms with Gasteiger partial charge in [-0.05, 0) is 25.1 Å². The molecule has 9 nitrogen and oxygen atoms in total. The maximum absolute atomic E-state index is 13.4. The molecule has 1 saturated heterocycles. The number of carbonyl (C=O) groups is 3. The Hall–Kier alpha value is -2.53. The molecule has 1 aromatic rings. The molecule has 1 N–H and O–H groups in total. The number of hydrogen-bond donors (Lipinski definition) is 1. The molecule has 0 aliphatic carbocycles. The highest BCUT2D eigenvalue weighted by Gasteiger charge is 2.39. The van der Waals surface area contributed by atoms with Gasteiger partial charge in [-0.15, -0.1) is 0 Å². The zero-order valence-corrected chi connectivity index (χ0v) is 16.5. The first-order valence-electron chi connectivity index (χ1n) is 8.44. The van der Waals surface area contributed by atoms with Crippen molar-refractivity contribution in [2.45, 2.75) is 19.0 Å². The number of esters is 1. The van der Waals surface area contributed by atoms with E-state index >= 15 is 0 Å².